The molecule has 0 atom stereocenters. The van der Waals surface area contributed by atoms with Crippen molar-refractivity contribution in [3.8, 4) is 11.3 Å². The van der Waals surface area contributed by atoms with E-state index in [0.717, 1.165) is 21.2 Å². The van der Waals surface area contributed by atoms with Crippen molar-refractivity contribution >= 4 is 28.9 Å². The van der Waals surface area contributed by atoms with Crippen LogP contribution in [0.4, 0.5) is 0 Å². The van der Waals surface area contributed by atoms with Crippen LogP contribution in [0.15, 0.2) is 64.3 Å². The summed E-state index contributed by atoms with van der Waals surface area (Å²) in [6.45, 7) is 2.07. The number of carbonyl (C=O) groups is 1. The molecule has 0 aliphatic heterocycles. The molecule has 0 radical (unpaired) electrons. The molecular formula is C18H15NOS2. The number of aryl methyl sites for hydroxylation is 1. The monoisotopic (exact) mass is 325 g/mol. The molecule has 0 saturated carbocycles. The number of nitrogens with zero attached hydrogens (tertiary/aromatic N) is 1. The summed E-state index contributed by atoms with van der Waals surface area (Å²) in [5, 5.41) is 2.04. The Balaban J connectivity index is 1.65. The first-order chi connectivity index (χ1) is 10.7. The maximum atomic E-state index is 12.1. The van der Waals surface area contributed by atoms with Crippen LogP contribution in [0.25, 0.3) is 11.3 Å². The van der Waals surface area contributed by atoms with Gasteiger partial charge in [-0.25, -0.2) is 4.98 Å². The maximum absolute atomic E-state index is 12.1. The van der Waals surface area contributed by atoms with E-state index in [-0.39, 0.29) is 5.78 Å². The third-order valence-corrected chi connectivity index (χ3v) is 5.27. The van der Waals surface area contributed by atoms with Gasteiger partial charge in [-0.15, -0.1) is 11.3 Å². The van der Waals surface area contributed by atoms with Crippen molar-refractivity contribution in [2.75, 3.05) is 5.75 Å². The van der Waals surface area contributed by atoms with Crippen molar-refractivity contribution in [1.82, 2.24) is 4.98 Å². The summed E-state index contributed by atoms with van der Waals surface area (Å²) in [4.78, 5) is 16.7. The van der Waals surface area contributed by atoms with Crippen LogP contribution in [0, 0.1) is 6.92 Å². The molecule has 0 N–H and O–H groups in total. The highest BCUT2D eigenvalue weighted by Gasteiger charge is 2.09. The zero-order chi connectivity index (χ0) is 15.4. The number of aromatic nitrogens is 1. The molecule has 3 rings (SSSR count). The number of hydrogen-bond donors (Lipinski definition) is 0. The normalized spacial score (nSPS) is 10.6. The van der Waals surface area contributed by atoms with Crippen LogP contribution in [-0.4, -0.2) is 16.5 Å². The van der Waals surface area contributed by atoms with E-state index in [1.165, 1.54) is 17.3 Å². The number of thiazole rings is 1. The average Bonchev–Trinajstić information content (AvgIpc) is 3.03. The lowest BCUT2D eigenvalue weighted by Crippen LogP contribution is -2.01. The number of hydrogen-bond acceptors (Lipinski definition) is 4. The van der Waals surface area contributed by atoms with E-state index in [4.69, 9.17) is 0 Å². The molecular weight excluding hydrogens is 310 g/mol. The van der Waals surface area contributed by atoms with E-state index in [1.54, 1.807) is 11.3 Å². The molecule has 1 heterocycles. The Morgan fingerprint density at radius 3 is 2.55 bits per heavy atom. The topological polar surface area (TPSA) is 30.0 Å². The molecule has 0 fully saturated rings. The first-order valence-electron chi connectivity index (χ1n) is 6.96. The van der Waals surface area contributed by atoms with Gasteiger partial charge in [0.05, 0.1) is 11.4 Å². The van der Waals surface area contributed by atoms with E-state index in [1.807, 2.05) is 35.7 Å². The fourth-order valence-electron chi connectivity index (χ4n) is 2.02. The first-order valence-corrected chi connectivity index (χ1v) is 8.82. The highest BCUT2D eigenvalue weighted by Crippen LogP contribution is 2.28. The van der Waals surface area contributed by atoms with Gasteiger partial charge >= 0.3 is 0 Å². The second-order valence-corrected chi connectivity index (χ2v) is 7.02. The van der Waals surface area contributed by atoms with Gasteiger partial charge in [-0.3, -0.25) is 4.79 Å². The summed E-state index contributed by atoms with van der Waals surface area (Å²) in [7, 11) is 0. The van der Waals surface area contributed by atoms with Crippen LogP contribution >= 0.6 is 23.1 Å². The Morgan fingerprint density at radius 1 is 1.09 bits per heavy atom. The molecule has 0 saturated heterocycles. The quantitative estimate of drug-likeness (QED) is 0.483. The lowest BCUT2D eigenvalue weighted by Gasteiger charge is -1.99. The molecule has 4 heteroatoms. The number of carbonyl (C=O) groups excluding carboxylic acids is 1. The van der Waals surface area contributed by atoms with Crippen LogP contribution in [0.3, 0.4) is 0 Å². The number of rotatable bonds is 5. The number of benzene rings is 2. The smallest absolute Gasteiger partial charge is 0.173 e. The number of thioether (sulfide) groups is 1. The van der Waals surface area contributed by atoms with Crippen molar-refractivity contribution in [3.05, 3.63) is 71.1 Å². The van der Waals surface area contributed by atoms with Gasteiger partial charge in [0, 0.05) is 16.5 Å². The van der Waals surface area contributed by atoms with Gasteiger partial charge in [0.15, 0.2) is 10.1 Å². The van der Waals surface area contributed by atoms with Crippen LogP contribution < -0.4 is 0 Å². The SMILES string of the molecule is Cc1ccc(-c2csc(SCC(=O)c3ccccc3)n2)cc1. The summed E-state index contributed by atoms with van der Waals surface area (Å²) in [6.07, 6.45) is 0. The third-order valence-electron chi connectivity index (χ3n) is 3.25. The Bertz CT molecular complexity index is 763. The molecule has 0 unspecified atom stereocenters. The van der Waals surface area contributed by atoms with Crippen molar-refractivity contribution < 1.29 is 4.79 Å². The van der Waals surface area contributed by atoms with Crippen LogP contribution in [0.1, 0.15) is 15.9 Å². The molecule has 0 spiro atoms. The minimum Gasteiger partial charge on any atom is -0.293 e. The van der Waals surface area contributed by atoms with Gasteiger partial charge in [0.1, 0.15) is 0 Å². The second kappa shape index (κ2) is 6.90. The molecule has 3 aromatic rings. The lowest BCUT2D eigenvalue weighted by atomic mass is 10.1. The standard InChI is InChI=1S/C18H15NOS2/c1-13-7-9-14(10-8-13)16-11-21-18(19-16)22-12-17(20)15-5-3-2-4-6-15/h2-11H,12H2,1H3. The van der Waals surface area contributed by atoms with Crippen molar-refractivity contribution in [1.29, 1.82) is 0 Å². The fraction of sp³-hybridized carbons (Fsp3) is 0.111. The minimum absolute atomic E-state index is 0.137. The lowest BCUT2D eigenvalue weighted by molar-refractivity contribution is 0.102. The van der Waals surface area contributed by atoms with Gasteiger partial charge in [-0.05, 0) is 6.92 Å². The van der Waals surface area contributed by atoms with Crippen LogP contribution in [0.2, 0.25) is 0 Å². The van der Waals surface area contributed by atoms with Crippen molar-refractivity contribution in [2.45, 2.75) is 11.3 Å². The van der Waals surface area contributed by atoms with E-state index in [2.05, 4.69) is 36.2 Å². The zero-order valence-corrected chi connectivity index (χ0v) is 13.8. The van der Waals surface area contributed by atoms with Crippen LogP contribution in [-0.2, 0) is 0 Å². The molecule has 2 nitrogen and oxygen atoms in total. The van der Waals surface area contributed by atoms with E-state index in [0.29, 0.717) is 5.75 Å². The Kier molecular flexibility index (Phi) is 4.71. The van der Waals surface area contributed by atoms with E-state index < -0.39 is 0 Å². The molecule has 0 bridgehead atoms. The highest BCUT2D eigenvalue weighted by atomic mass is 32.2. The second-order valence-electron chi connectivity index (χ2n) is 4.94. The predicted molar refractivity (Wildman–Crippen MR) is 93.8 cm³/mol. The molecule has 0 amide bonds. The van der Waals surface area contributed by atoms with Gasteiger partial charge in [0.2, 0.25) is 0 Å². The third kappa shape index (κ3) is 3.64. The van der Waals surface area contributed by atoms with Gasteiger partial charge in [-0.2, -0.15) is 0 Å². The van der Waals surface area contributed by atoms with Gasteiger partial charge in [0.25, 0.3) is 0 Å². The van der Waals surface area contributed by atoms with Crippen molar-refractivity contribution in [2.24, 2.45) is 0 Å². The average molecular weight is 325 g/mol. The summed E-state index contributed by atoms with van der Waals surface area (Å²) in [5.41, 5.74) is 4.08. The molecule has 0 aliphatic carbocycles. The zero-order valence-electron chi connectivity index (χ0n) is 12.2. The first kappa shape index (κ1) is 15.0. The number of Topliss-reactive ketones (excluding diaryl/α,β-unsaturated/α-hetero) is 1. The predicted octanol–water partition coefficient (Wildman–Crippen LogP) is 5.09. The Hall–Kier alpha value is -1.91. The van der Waals surface area contributed by atoms with E-state index >= 15 is 0 Å². The maximum Gasteiger partial charge on any atom is 0.173 e. The Morgan fingerprint density at radius 2 is 1.82 bits per heavy atom. The van der Waals surface area contributed by atoms with Gasteiger partial charge < -0.3 is 0 Å². The fourth-order valence-corrected chi connectivity index (χ4v) is 3.74. The summed E-state index contributed by atoms with van der Waals surface area (Å²) in [5.74, 6) is 0.558. The minimum atomic E-state index is 0.137. The van der Waals surface area contributed by atoms with E-state index in [9.17, 15) is 4.79 Å². The molecule has 0 aliphatic rings. The van der Waals surface area contributed by atoms with Gasteiger partial charge in [-0.1, -0.05) is 71.9 Å². The Labute approximate surface area is 138 Å². The number of ketones is 1. The molecule has 22 heavy (non-hydrogen) atoms. The summed E-state index contributed by atoms with van der Waals surface area (Å²) in [6, 6.07) is 17.7. The molecule has 110 valence electrons. The van der Waals surface area contributed by atoms with Crippen LogP contribution in [0.5, 0.6) is 0 Å². The van der Waals surface area contributed by atoms with Crippen molar-refractivity contribution in [3.63, 3.8) is 0 Å². The summed E-state index contributed by atoms with van der Waals surface area (Å²) >= 11 is 3.09. The largest absolute Gasteiger partial charge is 0.293 e. The highest BCUT2D eigenvalue weighted by molar-refractivity contribution is 8.01. The molecule has 2 aromatic carbocycles. The molecule has 1 aromatic heterocycles. The summed E-state index contributed by atoms with van der Waals surface area (Å²) < 4.78 is 0.930.